The van der Waals surface area contributed by atoms with E-state index in [2.05, 4.69) is 13.8 Å². The van der Waals surface area contributed by atoms with Crippen LogP contribution in [0.15, 0.2) is 0 Å². The van der Waals surface area contributed by atoms with Crippen molar-refractivity contribution < 1.29 is 5.11 Å². The summed E-state index contributed by atoms with van der Waals surface area (Å²) in [6.45, 7) is 4.65. The van der Waals surface area contributed by atoms with Gasteiger partial charge < -0.3 is 5.11 Å². The molecule has 2 aliphatic rings. The van der Waals surface area contributed by atoms with Gasteiger partial charge in [0.15, 0.2) is 0 Å². The molecule has 3 atom stereocenters. The maximum absolute atomic E-state index is 10.7. The Kier molecular flexibility index (Phi) is 6.19. The normalized spacial score (nSPS) is 38.1. The van der Waals surface area contributed by atoms with Crippen LogP contribution in [-0.4, -0.2) is 11.2 Å². The second kappa shape index (κ2) is 7.67. The highest BCUT2D eigenvalue weighted by molar-refractivity contribution is 4.84. The standard InChI is InChI=1S/C18H34O/c1-3-4-7-15-9-11-16(12-10-15)18(19)17-8-5-6-14(2)13-17/h14-19H,3-13H2,1-2H3. The number of hydrogen-bond donors (Lipinski definition) is 1. The van der Waals surface area contributed by atoms with Crippen molar-refractivity contribution in [2.24, 2.45) is 23.7 Å². The molecule has 0 aromatic heterocycles. The smallest absolute Gasteiger partial charge is 0.0596 e. The van der Waals surface area contributed by atoms with Gasteiger partial charge in [0.25, 0.3) is 0 Å². The van der Waals surface area contributed by atoms with Gasteiger partial charge in [-0.1, -0.05) is 58.8 Å². The maximum atomic E-state index is 10.7. The first-order valence-electron chi connectivity index (χ1n) is 8.88. The second-order valence-electron chi connectivity index (χ2n) is 7.45. The van der Waals surface area contributed by atoms with Crippen molar-refractivity contribution in [2.45, 2.75) is 90.6 Å². The molecule has 3 unspecified atom stereocenters. The molecule has 0 radical (unpaired) electrons. The first-order valence-corrected chi connectivity index (χ1v) is 8.88. The summed E-state index contributed by atoms with van der Waals surface area (Å²) in [5, 5.41) is 10.7. The summed E-state index contributed by atoms with van der Waals surface area (Å²) in [4.78, 5) is 0. The summed E-state index contributed by atoms with van der Waals surface area (Å²) in [6.07, 6.45) is 14.8. The molecule has 1 N–H and O–H groups in total. The third kappa shape index (κ3) is 4.48. The summed E-state index contributed by atoms with van der Waals surface area (Å²) >= 11 is 0. The van der Waals surface area contributed by atoms with Crippen molar-refractivity contribution in [3.05, 3.63) is 0 Å². The van der Waals surface area contributed by atoms with E-state index < -0.39 is 0 Å². The van der Waals surface area contributed by atoms with Gasteiger partial charge in [-0.3, -0.25) is 0 Å². The van der Waals surface area contributed by atoms with Gasteiger partial charge in [-0.25, -0.2) is 0 Å². The highest BCUT2D eigenvalue weighted by Crippen LogP contribution is 2.39. The predicted molar refractivity (Wildman–Crippen MR) is 82.1 cm³/mol. The van der Waals surface area contributed by atoms with Crippen LogP contribution >= 0.6 is 0 Å². The molecule has 2 rings (SSSR count). The molecule has 0 bridgehead atoms. The fourth-order valence-electron chi connectivity index (χ4n) is 4.49. The van der Waals surface area contributed by atoms with E-state index in [1.165, 1.54) is 70.6 Å². The zero-order chi connectivity index (χ0) is 13.7. The van der Waals surface area contributed by atoms with E-state index in [9.17, 15) is 5.11 Å². The SMILES string of the molecule is CCCCC1CCC(C(O)C2CCCC(C)C2)CC1. The van der Waals surface area contributed by atoms with Crippen molar-refractivity contribution in [1.82, 2.24) is 0 Å². The Labute approximate surface area is 120 Å². The average molecular weight is 266 g/mol. The first kappa shape index (κ1) is 15.4. The second-order valence-corrected chi connectivity index (χ2v) is 7.45. The lowest BCUT2D eigenvalue weighted by molar-refractivity contribution is 0.00418. The van der Waals surface area contributed by atoms with E-state index in [0.29, 0.717) is 11.8 Å². The molecule has 1 nitrogen and oxygen atoms in total. The highest BCUT2D eigenvalue weighted by Gasteiger charge is 2.33. The number of aliphatic hydroxyl groups excluding tert-OH is 1. The molecule has 2 fully saturated rings. The van der Waals surface area contributed by atoms with Crippen LogP contribution in [0.1, 0.15) is 84.5 Å². The Hall–Kier alpha value is -0.0400. The van der Waals surface area contributed by atoms with E-state index >= 15 is 0 Å². The fraction of sp³-hybridized carbons (Fsp3) is 1.00. The van der Waals surface area contributed by atoms with Gasteiger partial charge in [-0.2, -0.15) is 0 Å². The number of rotatable bonds is 5. The van der Waals surface area contributed by atoms with Crippen LogP contribution in [-0.2, 0) is 0 Å². The Morgan fingerprint density at radius 1 is 1.00 bits per heavy atom. The predicted octanol–water partition coefficient (Wildman–Crippen LogP) is 5.17. The van der Waals surface area contributed by atoms with E-state index in [1.807, 2.05) is 0 Å². The third-order valence-electron chi connectivity index (χ3n) is 5.80. The van der Waals surface area contributed by atoms with Crippen LogP contribution in [0.2, 0.25) is 0 Å². The molecule has 0 aromatic carbocycles. The lowest BCUT2D eigenvalue weighted by atomic mass is 9.71. The van der Waals surface area contributed by atoms with Gasteiger partial charge in [0, 0.05) is 0 Å². The Balaban J connectivity index is 1.74. The van der Waals surface area contributed by atoms with Crippen LogP contribution in [0.4, 0.5) is 0 Å². The average Bonchev–Trinajstić information content (AvgIpc) is 2.45. The zero-order valence-corrected chi connectivity index (χ0v) is 13.1. The number of unbranched alkanes of at least 4 members (excludes halogenated alkanes) is 1. The molecule has 0 heterocycles. The molecular weight excluding hydrogens is 232 g/mol. The van der Waals surface area contributed by atoms with Gasteiger partial charge in [-0.15, -0.1) is 0 Å². The number of hydrogen-bond acceptors (Lipinski definition) is 1. The summed E-state index contributed by atoms with van der Waals surface area (Å²) in [5.74, 6) is 3.04. The van der Waals surface area contributed by atoms with Crippen LogP contribution in [0.25, 0.3) is 0 Å². The van der Waals surface area contributed by atoms with Crippen molar-refractivity contribution in [3.8, 4) is 0 Å². The molecule has 2 aliphatic carbocycles. The van der Waals surface area contributed by atoms with E-state index in [1.54, 1.807) is 0 Å². The van der Waals surface area contributed by atoms with Gasteiger partial charge >= 0.3 is 0 Å². The summed E-state index contributed by atoms with van der Waals surface area (Å²) in [7, 11) is 0. The Bertz CT molecular complexity index is 242. The quantitative estimate of drug-likeness (QED) is 0.728. The first-order chi connectivity index (χ1) is 9.20. The van der Waals surface area contributed by atoms with E-state index in [4.69, 9.17) is 0 Å². The number of aliphatic hydroxyl groups is 1. The van der Waals surface area contributed by atoms with Crippen molar-refractivity contribution >= 4 is 0 Å². The topological polar surface area (TPSA) is 20.2 Å². The summed E-state index contributed by atoms with van der Waals surface area (Å²) < 4.78 is 0. The van der Waals surface area contributed by atoms with Gasteiger partial charge in [0.2, 0.25) is 0 Å². The summed E-state index contributed by atoms with van der Waals surface area (Å²) in [6, 6.07) is 0. The van der Waals surface area contributed by atoms with Crippen molar-refractivity contribution in [1.29, 1.82) is 0 Å². The Morgan fingerprint density at radius 2 is 1.74 bits per heavy atom. The third-order valence-corrected chi connectivity index (χ3v) is 5.80. The molecule has 19 heavy (non-hydrogen) atoms. The Morgan fingerprint density at radius 3 is 2.37 bits per heavy atom. The molecule has 112 valence electrons. The van der Waals surface area contributed by atoms with Crippen molar-refractivity contribution in [3.63, 3.8) is 0 Å². The van der Waals surface area contributed by atoms with E-state index in [0.717, 1.165) is 11.8 Å². The zero-order valence-electron chi connectivity index (χ0n) is 13.1. The van der Waals surface area contributed by atoms with Crippen LogP contribution in [0.5, 0.6) is 0 Å². The van der Waals surface area contributed by atoms with Crippen molar-refractivity contribution in [2.75, 3.05) is 0 Å². The molecule has 2 saturated carbocycles. The largest absolute Gasteiger partial charge is 0.393 e. The van der Waals surface area contributed by atoms with Gasteiger partial charge in [0.1, 0.15) is 0 Å². The van der Waals surface area contributed by atoms with Crippen LogP contribution in [0.3, 0.4) is 0 Å². The molecule has 0 amide bonds. The van der Waals surface area contributed by atoms with Gasteiger partial charge in [-0.05, 0) is 49.4 Å². The monoisotopic (exact) mass is 266 g/mol. The molecule has 0 aromatic rings. The molecule has 0 spiro atoms. The van der Waals surface area contributed by atoms with Crippen LogP contribution in [0, 0.1) is 23.7 Å². The van der Waals surface area contributed by atoms with Crippen LogP contribution < -0.4 is 0 Å². The molecule has 0 saturated heterocycles. The lowest BCUT2D eigenvalue weighted by Gasteiger charge is -2.38. The van der Waals surface area contributed by atoms with E-state index in [-0.39, 0.29) is 6.10 Å². The summed E-state index contributed by atoms with van der Waals surface area (Å²) in [5.41, 5.74) is 0. The highest BCUT2D eigenvalue weighted by atomic mass is 16.3. The molecular formula is C18H34O. The molecule has 0 aliphatic heterocycles. The fourth-order valence-corrected chi connectivity index (χ4v) is 4.49. The minimum atomic E-state index is 0.00914. The lowest BCUT2D eigenvalue weighted by Crippen LogP contribution is -2.34. The van der Waals surface area contributed by atoms with Gasteiger partial charge in [0.05, 0.1) is 6.10 Å². The minimum Gasteiger partial charge on any atom is -0.393 e. The maximum Gasteiger partial charge on any atom is 0.0596 e. The molecule has 1 heteroatoms. The minimum absolute atomic E-state index is 0.00914.